The number of benzene rings is 1. The van der Waals surface area contributed by atoms with Crippen molar-refractivity contribution in [1.82, 2.24) is 0 Å². The Morgan fingerprint density at radius 1 is 1.21 bits per heavy atom. The van der Waals surface area contributed by atoms with Crippen molar-refractivity contribution < 1.29 is 14.4 Å². The van der Waals surface area contributed by atoms with E-state index < -0.39 is 0 Å². The zero-order chi connectivity index (χ0) is 13.1. The van der Waals surface area contributed by atoms with Crippen LogP contribution < -0.4 is 4.90 Å². The first-order valence-electron chi connectivity index (χ1n) is 7.08. The Hall–Kier alpha value is -1.61. The molecule has 4 rings (SSSR count). The van der Waals surface area contributed by atoms with Gasteiger partial charge in [-0.1, -0.05) is 30.3 Å². The molecule has 1 N–H and O–H groups in total. The highest BCUT2D eigenvalue weighted by molar-refractivity contribution is 5.87. The second-order valence-corrected chi connectivity index (χ2v) is 5.51. The topological polar surface area (TPSA) is 30.7 Å². The van der Waals surface area contributed by atoms with E-state index in [4.69, 9.17) is 4.74 Å². The molecule has 0 aliphatic carbocycles. The van der Waals surface area contributed by atoms with Crippen LogP contribution in [-0.2, 0) is 9.53 Å². The molecule has 0 radical (unpaired) electrons. The third kappa shape index (κ3) is 3.04. The lowest BCUT2D eigenvalue weighted by atomic mass is 9.86. The van der Waals surface area contributed by atoms with E-state index in [1.54, 1.807) is 11.0 Å². The Morgan fingerprint density at radius 3 is 2.58 bits per heavy atom. The largest absolute Gasteiger partial charge is 0.453 e. The molecular weight excluding hydrogens is 238 g/mol. The highest BCUT2D eigenvalue weighted by Gasteiger charge is 2.39. The number of rotatable bonds is 3. The summed E-state index contributed by atoms with van der Waals surface area (Å²) in [5, 5.41) is 0. The lowest BCUT2D eigenvalue weighted by Gasteiger charge is -2.40. The molecule has 3 nitrogen and oxygen atoms in total. The molecule has 3 heteroatoms. The van der Waals surface area contributed by atoms with Gasteiger partial charge in [0.25, 0.3) is 0 Å². The molecule has 1 aromatic carbocycles. The van der Waals surface area contributed by atoms with E-state index in [0.29, 0.717) is 5.92 Å². The molecule has 0 spiro atoms. The molecule has 3 aliphatic heterocycles. The molecule has 1 unspecified atom stereocenters. The van der Waals surface area contributed by atoms with Gasteiger partial charge in [-0.25, -0.2) is 4.79 Å². The van der Waals surface area contributed by atoms with E-state index in [2.05, 4.69) is 0 Å². The Balaban J connectivity index is 1.55. The number of piperidine rings is 3. The molecule has 1 aromatic rings. The summed E-state index contributed by atoms with van der Waals surface area (Å²) in [6, 6.07) is 9.83. The predicted molar refractivity (Wildman–Crippen MR) is 73.6 cm³/mol. The van der Waals surface area contributed by atoms with Crippen molar-refractivity contribution >= 4 is 12.0 Å². The van der Waals surface area contributed by atoms with Gasteiger partial charge in [-0.2, -0.15) is 0 Å². The van der Waals surface area contributed by atoms with Gasteiger partial charge in [-0.05, 0) is 11.6 Å². The lowest BCUT2D eigenvalue weighted by Crippen LogP contribution is -3.16. The van der Waals surface area contributed by atoms with Gasteiger partial charge in [0.05, 0.1) is 13.1 Å². The Labute approximate surface area is 113 Å². The Bertz CT molecular complexity index is 461. The van der Waals surface area contributed by atoms with E-state index in [0.717, 1.165) is 12.1 Å². The summed E-state index contributed by atoms with van der Waals surface area (Å²) >= 11 is 0. The minimum absolute atomic E-state index is 0.130. The monoisotopic (exact) mass is 258 g/mol. The third-order valence-corrected chi connectivity index (χ3v) is 4.23. The van der Waals surface area contributed by atoms with Gasteiger partial charge < -0.3 is 9.64 Å². The number of hydrogen-bond donors (Lipinski definition) is 1. The number of fused-ring (bicyclic) bond motifs is 3. The van der Waals surface area contributed by atoms with Gasteiger partial charge in [0, 0.05) is 24.8 Å². The van der Waals surface area contributed by atoms with Crippen molar-refractivity contribution in [1.29, 1.82) is 0 Å². The summed E-state index contributed by atoms with van der Waals surface area (Å²) in [4.78, 5) is 13.4. The standard InChI is InChI=1S/C16H19NO2/c18-16(7-6-13-4-2-1-3-5-13)19-15-12-17-10-8-14(15)9-11-17/h1-7,14-15H,8-12H2/p+1. The summed E-state index contributed by atoms with van der Waals surface area (Å²) in [5.41, 5.74) is 1.03. The minimum Gasteiger partial charge on any atom is -0.453 e. The number of esters is 1. The molecule has 3 heterocycles. The van der Waals surface area contributed by atoms with Crippen LogP contribution in [0.5, 0.6) is 0 Å². The normalized spacial score (nSPS) is 29.6. The average molecular weight is 258 g/mol. The van der Waals surface area contributed by atoms with Crippen molar-refractivity contribution in [3.05, 3.63) is 42.0 Å². The zero-order valence-electron chi connectivity index (χ0n) is 11.0. The Kier molecular flexibility index (Phi) is 3.65. The molecule has 2 bridgehead atoms. The fourth-order valence-corrected chi connectivity index (χ4v) is 3.13. The van der Waals surface area contributed by atoms with Gasteiger partial charge in [-0.15, -0.1) is 0 Å². The maximum absolute atomic E-state index is 11.8. The average Bonchev–Trinajstić information content (AvgIpc) is 2.47. The van der Waals surface area contributed by atoms with Crippen LogP contribution in [0.1, 0.15) is 18.4 Å². The predicted octanol–water partition coefficient (Wildman–Crippen LogP) is 0.920. The van der Waals surface area contributed by atoms with Gasteiger partial charge in [-0.3, -0.25) is 0 Å². The van der Waals surface area contributed by atoms with Crippen LogP contribution in [0.4, 0.5) is 0 Å². The number of ether oxygens (including phenoxy) is 1. The number of nitrogens with one attached hydrogen (secondary N) is 1. The highest BCUT2D eigenvalue weighted by Crippen LogP contribution is 2.21. The first kappa shape index (κ1) is 12.4. The molecule has 0 saturated carbocycles. The molecule has 3 saturated heterocycles. The van der Waals surface area contributed by atoms with Crippen LogP contribution in [0.3, 0.4) is 0 Å². The summed E-state index contributed by atoms with van der Waals surface area (Å²) in [6.45, 7) is 3.49. The number of quaternary nitrogens is 1. The number of hydrogen-bond acceptors (Lipinski definition) is 2. The maximum Gasteiger partial charge on any atom is 0.331 e. The van der Waals surface area contributed by atoms with E-state index in [9.17, 15) is 4.79 Å². The maximum atomic E-state index is 11.8. The van der Waals surface area contributed by atoms with E-state index >= 15 is 0 Å². The van der Waals surface area contributed by atoms with Gasteiger partial charge in [0.15, 0.2) is 6.10 Å². The van der Waals surface area contributed by atoms with Crippen molar-refractivity contribution in [2.75, 3.05) is 19.6 Å². The van der Waals surface area contributed by atoms with Crippen molar-refractivity contribution in [2.24, 2.45) is 5.92 Å². The lowest BCUT2D eigenvalue weighted by molar-refractivity contribution is -0.920. The molecule has 3 aliphatic rings. The van der Waals surface area contributed by atoms with Crippen LogP contribution in [0, 0.1) is 5.92 Å². The van der Waals surface area contributed by atoms with Crippen molar-refractivity contribution in [3.8, 4) is 0 Å². The summed E-state index contributed by atoms with van der Waals surface area (Å²) < 4.78 is 5.60. The summed E-state index contributed by atoms with van der Waals surface area (Å²) in [5.74, 6) is 0.383. The molecule has 1 atom stereocenters. The van der Waals surface area contributed by atoms with Gasteiger partial charge in [0.2, 0.25) is 0 Å². The second-order valence-electron chi connectivity index (χ2n) is 5.51. The summed E-state index contributed by atoms with van der Waals surface area (Å²) in [7, 11) is 0. The first-order chi connectivity index (χ1) is 9.31. The van der Waals surface area contributed by atoms with E-state index in [-0.39, 0.29) is 12.1 Å². The molecule has 3 fully saturated rings. The SMILES string of the molecule is O=C(C=Cc1ccccc1)OC1C[NH+]2CCC1CC2. The van der Waals surface area contributed by atoms with Gasteiger partial charge >= 0.3 is 5.97 Å². The van der Waals surface area contributed by atoms with Crippen molar-refractivity contribution in [3.63, 3.8) is 0 Å². The number of carbonyl (C=O) groups is 1. The van der Waals surface area contributed by atoms with Crippen LogP contribution in [0.25, 0.3) is 6.08 Å². The quantitative estimate of drug-likeness (QED) is 0.645. The Morgan fingerprint density at radius 2 is 1.95 bits per heavy atom. The zero-order valence-corrected chi connectivity index (χ0v) is 11.0. The van der Waals surface area contributed by atoms with Crippen LogP contribution in [0.15, 0.2) is 36.4 Å². The molecule has 19 heavy (non-hydrogen) atoms. The molecular formula is C16H20NO2+. The molecule has 0 aromatic heterocycles. The van der Waals surface area contributed by atoms with Crippen molar-refractivity contribution in [2.45, 2.75) is 18.9 Å². The van der Waals surface area contributed by atoms with E-state index in [1.807, 2.05) is 36.4 Å². The first-order valence-corrected chi connectivity index (χ1v) is 7.08. The second kappa shape index (κ2) is 5.57. The van der Waals surface area contributed by atoms with Gasteiger partial charge in [0.1, 0.15) is 6.54 Å². The van der Waals surface area contributed by atoms with Crippen LogP contribution in [0.2, 0.25) is 0 Å². The summed E-state index contributed by atoms with van der Waals surface area (Å²) in [6.07, 6.45) is 5.90. The van der Waals surface area contributed by atoms with E-state index in [1.165, 1.54) is 25.9 Å². The number of carbonyl (C=O) groups excluding carboxylic acids is 1. The fourth-order valence-electron chi connectivity index (χ4n) is 3.13. The smallest absolute Gasteiger partial charge is 0.331 e. The van der Waals surface area contributed by atoms with Crippen LogP contribution >= 0.6 is 0 Å². The fraction of sp³-hybridized carbons (Fsp3) is 0.438. The molecule has 0 amide bonds. The highest BCUT2D eigenvalue weighted by atomic mass is 16.5. The molecule has 100 valence electrons. The minimum atomic E-state index is -0.206. The van der Waals surface area contributed by atoms with Crippen LogP contribution in [-0.4, -0.2) is 31.7 Å². The third-order valence-electron chi connectivity index (χ3n) is 4.23.